The molecule has 6 heteroatoms. The van der Waals surface area contributed by atoms with Gasteiger partial charge in [0, 0.05) is 6.92 Å². The van der Waals surface area contributed by atoms with Crippen molar-refractivity contribution >= 4 is 19.2 Å². The lowest BCUT2D eigenvalue weighted by atomic mass is 10.0. The molecule has 1 aromatic carbocycles. The highest BCUT2D eigenvalue weighted by molar-refractivity contribution is 7.45. The van der Waals surface area contributed by atoms with Crippen LogP contribution < -0.4 is 16.1 Å². The number of unbranched alkanes of at least 4 members (excludes halogenated alkanes) is 4. The number of hydrazine groups is 2. The smallest absolute Gasteiger partial charge is 0.300 e. The van der Waals surface area contributed by atoms with Crippen molar-refractivity contribution in [3.63, 3.8) is 0 Å². The molecule has 0 saturated carbocycles. The van der Waals surface area contributed by atoms with Crippen molar-refractivity contribution in [1.82, 2.24) is 5.53 Å². The lowest BCUT2D eigenvalue weighted by Crippen LogP contribution is -2.42. The average Bonchev–Trinajstić information content (AvgIpc) is 3.01. The Morgan fingerprint density at radius 2 is 2.00 bits per heavy atom. The zero-order chi connectivity index (χ0) is 19.0. The van der Waals surface area contributed by atoms with Crippen molar-refractivity contribution in [2.24, 2.45) is 0 Å². The molecule has 0 spiro atoms. The number of anilines is 2. The van der Waals surface area contributed by atoms with Crippen LogP contribution in [0.25, 0.3) is 0 Å². The van der Waals surface area contributed by atoms with Crippen LogP contribution in [0.1, 0.15) is 64.9 Å². The number of nitrogens with one attached hydrogen (secondary N) is 2. The van der Waals surface area contributed by atoms with Gasteiger partial charge < -0.3 is 0 Å². The Balaban J connectivity index is 2.00. The zero-order valence-electron chi connectivity index (χ0n) is 16.5. The van der Waals surface area contributed by atoms with Crippen LogP contribution in [0.4, 0.5) is 11.4 Å². The van der Waals surface area contributed by atoms with E-state index in [4.69, 9.17) is 4.84 Å². The third-order valence-electron chi connectivity index (χ3n) is 4.71. The summed E-state index contributed by atoms with van der Waals surface area (Å²) < 4.78 is 12.2. The Labute approximate surface area is 158 Å². The highest BCUT2D eigenvalue weighted by atomic mass is 31.1. The summed E-state index contributed by atoms with van der Waals surface area (Å²) in [4.78, 5) is 6.04. The minimum atomic E-state index is -1.55. The number of hydrogen-bond donors (Lipinski definition) is 2. The van der Waals surface area contributed by atoms with E-state index in [1.54, 1.807) is 11.8 Å². The molecule has 0 radical (unpaired) electrons. The molecule has 1 heterocycles. The lowest BCUT2D eigenvalue weighted by Gasteiger charge is -2.23. The average molecular weight is 378 g/mol. The number of hydrogen-bond acceptors (Lipinski definition) is 5. The highest BCUT2D eigenvalue weighted by Crippen LogP contribution is 2.41. The number of rotatable bonds is 11. The Hall–Kier alpha value is -1.42. The Bertz CT molecular complexity index is 635. The van der Waals surface area contributed by atoms with Gasteiger partial charge in [0.2, 0.25) is 0 Å². The van der Waals surface area contributed by atoms with Crippen molar-refractivity contribution in [2.75, 3.05) is 17.3 Å². The van der Waals surface area contributed by atoms with Gasteiger partial charge in [-0.05, 0) is 43.0 Å². The quantitative estimate of drug-likeness (QED) is 0.284. The fourth-order valence-electron chi connectivity index (χ4n) is 2.91. The van der Waals surface area contributed by atoms with Crippen molar-refractivity contribution < 1.29 is 9.40 Å². The van der Waals surface area contributed by atoms with Gasteiger partial charge in [-0.15, -0.1) is 5.53 Å². The standard InChI is InChI=1S/C20H33N3O2P/c1-5-7-9-10-11-12-17-13-14-19-18(16-17)21-22-23(19)25-20(3,26(4)24)15-8-6-2/h8,13-16,21-22H,5-7,9-12H2,1-4H3/q+1/b15-8-. The summed E-state index contributed by atoms with van der Waals surface area (Å²) in [6.07, 6.45) is 12.3. The van der Waals surface area contributed by atoms with Crippen LogP contribution in [0.15, 0.2) is 30.4 Å². The molecule has 0 aliphatic carbocycles. The normalized spacial score (nSPS) is 16.5. The molecule has 0 saturated heterocycles. The second kappa shape index (κ2) is 10.1. The molecule has 0 fully saturated rings. The van der Waals surface area contributed by atoms with Crippen molar-refractivity contribution in [3.05, 3.63) is 35.9 Å². The summed E-state index contributed by atoms with van der Waals surface area (Å²) in [6.45, 7) is 7.84. The van der Waals surface area contributed by atoms with Gasteiger partial charge in [0.15, 0.2) is 0 Å². The number of aryl methyl sites for hydroxylation is 1. The van der Waals surface area contributed by atoms with E-state index in [0.29, 0.717) is 0 Å². The number of benzene rings is 1. The molecule has 2 atom stereocenters. The first-order chi connectivity index (χ1) is 12.5. The molecular weight excluding hydrogens is 345 g/mol. The minimum Gasteiger partial charge on any atom is -0.300 e. The molecule has 5 nitrogen and oxygen atoms in total. The summed E-state index contributed by atoms with van der Waals surface area (Å²) in [5.41, 5.74) is 9.40. The van der Waals surface area contributed by atoms with E-state index in [1.807, 2.05) is 26.0 Å². The van der Waals surface area contributed by atoms with Crippen LogP contribution in [-0.2, 0) is 15.8 Å². The predicted octanol–water partition coefficient (Wildman–Crippen LogP) is 5.92. The Morgan fingerprint density at radius 3 is 2.69 bits per heavy atom. The van der Waals surface area contributed by atoms with Crippen molar-refractivity contribution in [1.29, 1.82) is 0 Å². The third-order valence-corrected chi connectivity index (χ3v) is 6.19. The Morgan fingerprint density at radius 1 is 1.23 bits per heavy atom. The molecule has 1 aromatic rings. The second-order valence-electron chi connectivity index (χ2n) is 7.00. The SMILES string of the molecule is CC/C=C\C(C)(ON1NNc2cc(CCCCCCC)ccc21)[P+](C)=O. The summed E-state index contributed by atoms with van der Waals surface area (Å²) in [6, 6.07) is 6.36. The molecule has 2 rings (SSSR count). The van der Waals surface area contributed by atoms with Gasteiger partial charge in [-0.25, -0.2) is 0 Å². The molecule has 0 aromatic heterocycles. The summed E-state index contributed by atoms with van der Waals surface area (Å²) in [5.74, 6) is 0. The van der Waals surface area contributed by atoms with E-state index < -0.39 is 13.1 Å². The van der Waals surface area contributed by atoms with Gasteiger partial charge in [-0.1, -0.05) is 56.2 Å². The number of nitrogens with zero attached hydrogens (tertiary/aromatic N) is 1. The van der Waals surface area contributed by atoms with Crippen molar-refractivity contribution in [3.8, 4) is 0 Å². The minimum absolute atomic E-state index is 0.848. The van der Waals surface area contributed by atoms with Crippen LogP contribution >= 0.6 is 7.80 Å². The molecule has 26 heavy (non-hydrogen) atoms. The third kappa shape index (κ3) is 5.54. The van der Waals surface area contributed by atoms with Crippen molar-refractivity contribution in [2.45, 2.75) is 71.1 Å². The number of allylic oxidation sites excluding steroid dienone is 1. The van der Waals surface area contributed by atoms with E-state index in [1.165, 1.54) is 37.7 Å². The van der Waals surface area contributed by atoms with E-state index >= 15 is 0 Å². The van der Waals surface area contributed by atoms with Crippen LogP contribution in [0.5, 0.6) is 0 Å². The maximum atomic E-state index is 12.2. The van der Waals surface area contributed by atoms with Crippen LogP contribution in [0.3, 0.4) is 0 Å². The van der Waals surface area contributed by atoms with Gasteiger partial charge in [-0.2, -0.15) is 10.0 Å². The summed E-state index contributed by atoms with van der Waals surface area (Å²) in [5, 5.41) is 0.733. The maximum absolute atomic E-state index is 12.2. The monoisotopic (exact) mass is 378 g/mol. The Kier molecular flexibility index (Phi) is 8.08. The number of fused-ring (bicyclic) bond motifs is 1. The maximum Gasteiger partial charge on any atom is 0.376 e. The van der Waals surface area contributed by atoms with Gasteiger partial charge in [0.1, 0.15) is 12.4 Å². The molecule has 0 amide bonds. The first-order valence-electron chi connectivity index (χ1n) is 9.72. The van der Waals surface area contributed by atoms with Crippen LogP contribution in [0.2, 0.25) is 0 Å². The lowest BCUT2D eigenvalue weighted by molar-refractivity contribution is 0.0306. The van der Waals surface area contributed by atoms with Gasteiger partial charge in [0.25, 0.3) is 0 Å². The van der Waals surface area contributed by atoms with Crippen LogP contribution in [-0.4, -0.2) is 12.0 Å². The predicted molar refractivity (Wildman–Crippen MR) is 111 cm³/mol. The fraction of sp³-hybridized carbons (Fsp3) is 0.600. The van der Waals surface area contributed by atoms with Gasteiger partial charge >= 0.3 is 13.1 Å². The molecule has 144 valence electrons. The van der Waals surface area contributed by atoms with Crippen LogP contribution in [0, 0.1) is 0 Å². The zero-order valence-corrected chi connectivity index (χ0v) is 17.4. The van der Waals surface area contributed by atoms with Gasteiger partial charge in [0.05, 0.1) is 5.69 Å². The molecule has 0 bridgehead atoms. The van der Waals surface area contributed by atoms with E-state index in [9.17, 15) is 4.57 Å². The first kappa shape index (κ1) is 20.9. The molecule has 2 N–H and O–H groups in total. The molecular formula is C20H33N3O2P+. The molecule has 1 aliphatic heterocycles. The fourth-order valence-corrected chi connectivity index (χ4v) is 3.42. The first-order valence-corrected chi connectivity index (χ1v) is 11.4. The van der Waals surface area contributed by atoms with E-state index in [-0.39, 0.29) is 0 Å². The topological polar surface area (TPSA) is 53.6 Å². The summed E-state index contributed by atoms with van der Waals surface area (Å²) in [7, 11) is -1.55. The van der Waals surface area contributed by atoms with E-state index in [2.05, 4.69) is 36.1 Å². The second-order valence-corrected chi connectivity index (χ2v) is 8.88. The largest absolute Gasteiger partial charge is 0.376 e. The van der Waals surface area contributed by atoms with Gasteiger partial charge in [-0.3, -0.25) is 5.43 Å². The molecule has 1 aliphatic rings. The van der Waals surface area contributed by atoms with E-state index in [0.717, 1.165) is 24.2 Å². The summed E-state index contributed by atoms with van der Waals surface area (Å²) >= 11 is 0. The highest BCUT2D eigenvalue weighted by Gasteiger charge is 2.43. The molecule has 2 unspecified atom stereocenters.